The number of alkyl carbamates (subject to hydrolysis) is 1. The maximum Gasteiger partial charge on any atom is 0.417 e. The molecule has 0 spiro atoms. The zero-order chi connectivity index (χ0) is 33.9. The van der Waals surface area contributed by atoms with Crippen LogP contribution < -0.4 is 15.0 Å². The van der Waals surface area contributed by atoms with Crippen molar-refractivity contribution < 1.29 is 46.6 Å². The number of benzene rings is 1. The molecule has 45 heavy (non-hydrogen) atoms. The Balaban J connectivity index is 2.05. The van der Waals surface area contributed by atoms with E-state index in [1.807, 2.05) is 0 Å². The van der Waals surface area contributed by atoms with Gasteiger partial charge in [0.15, 0.2) is 5.60 Å². The zero-order valence-corrected chi connectivity index (χ0v) is 27.3. The molecule has 3 rings (SSSR count). The molecule has 1 saturated heterocycles. The van der Waals surface area contributed by atoms with E-state index in [9.17, 15) is 32.3 Å². The smallest absolute Gasteiger partial charge is 0.417 e. The third-order valence-electron chi connectivity index (χ3n) is 7.88. The van der Waals surface area contributed by atoms with Crippen LogP contribution in [0.2, 0.25) is 0 Å². The molecule has 0 saturated carbocycles. The lowest BCUT2D eigenvalue weighted by molar-refractivity contribution is -0.138. The second-order valence-electron chi connectivity index (χ2n) is 12.8. The first-order valence-corrected chi connectivity index (χ1v) is 15.2. The summed E-state index contributed by atoms with van der Waals surface area (Å²) in [6, 6.07) is 0.776. The number of alkyl halides is 3. The molecule has 2 atom stereocenters. The second-order valence-corrected chi connectivity index (χ2v) is 12.8. The van der Waals surface area contributed by atoms with E-state index in [0.29, 0.717) is 19.4 Å². The Morgan fingerprint density at radius 2 is 1.87 bits per heavy atom. The summed E-state index contributed by atoms with van der Waals surface area (Å²) in [4.78, 5) is 56.2. The molecule has 0 radical (unpaired) electrons. The number of hydrogen-bond acceptors (Lipinski definition) is 7. The van der Waals surface area contributed by atoms with Crippen LogP contribution in [0.3, 0.4) is 0 Å². The maximum atomic E-state index is 14.6. The lowest BCUT2D eigenvalue weighted by Gasteiger charge is -2.43. The van der Waals surface area contributed by atoms with E-state index < -0.39 is 64.6 Å². The van der Waals surface area contributed by atoms with Crippen molar-refractivity contribution >= 4 is 29.7 Å². The monoisotopic (exact) mass is 642 g/mol. The van der Waals surface area contributed by atoms with Gasteiger partial charge in [-0.15, -0.1) is 0 Å². The average molecular weight is 643 g/mol. The van der Waals surface area contributed by atoms with Gasteiger partial charge in [0.2, 0.25) is 0 Å². The van der Waals surface area contributed by atoms with Crippen molar-refractivity contribution in [2.24, 2.45) is 0 Å². The number of likely N-dealkylation sites (tertiary alicyclic amines) is 1. The summed E-state index contributed by atoms with van der Waals surface area (Å²) >= 11 is 0. The number of fused-ring (bicyclic) bond motifs is 1. The van der Waals surface area contributed by atoms with Crippen LogP contribution in [-0.4, -0.2) is 90.4 Å². The highest BCUT2D eigenvalue weighted by Gasteiger charge is 2.47. The fourth-order valence-corrected chi connectivity index (χ4v) is 5.53. The lowest BCUT2D eigenvalue weighted by atomic mass is 9.94. The van der Waals surface area contributed by atoms with Crippen LogP contribution in [0.4, 0.5) is 28.4 Å². The first-order chi connectivity index (χ1) is 20.8. The highest BCUT2D eigenvalue weighted by Crippen LogP contribution is 2.45. The molecular formula is C31H45F3N4O7. The lowest BCUT2D eigenvalue weighted by Crippen LogP contribution is -2.55. The molecular weight excluding hydrogens is 597 g/mol. The number of carbonyl (C=O) groups excluding carboxylic acids is 4. The van der Waals surface area contributed by atoms with Crippen LogP contribution in [0, 0.1) is 0 Å². The van der Waals surface area contributed by atoms with Gasteiger partial charge in [-0.1, -0.05) is 6.92 Å². The zero-order valence-electron chi connectivity index (χ0n) is 27.3. The molecule has 1 aromatic rings. The summed E-state index contributed by atoms with van der Waals surface area (Å²) in [6.45, 7) is 12.5. The summed E-state index contributed by atoms with van der Waals surface area (Å²) < 4.78 is 59.7. The minimum Gasteiger partial charge on any atom is -0.476 e. The number of amides is 4. The Labute approximate surface area is 262 Å². The highest BCUT2D eigenvalue weighted by atomic mass is 19.4. The van der Waals surface area contributed by atoms with Gasteiger partial charge in [0.1, 0.15) is 11.4 Å². The molecule has 0 aliphatic carbocycles. The standard InChI is InChI=1S/C31H45F3N4O7/c1-9-30(7)26(40)37(15-11-13-35-27(41)43-8)23-16-21(22(31(32,33)34)17-24(23)44-30)25(39)38(19(2)3)20-12-10-14-36(18-20)28(42)45-29(4,5)6/h16-17,19-20H,9-15,18H2,1-8H3,(H,35,41)/t20-,30?/m1/s1. The third kappa shape index (κ3) is 8.31. The van der Waals surface area contributed by atoms with Gasteiger partial charge in [-0.05, 0) is 79.4 Å². The number of nitrogens with one attached hydrogen (secondary N) is 1. The molecule has 4 amide bonds. The van der Waals surface area contributed by atoms with Crippen molar-refractivity contribution in [3.05, 3.63) is 23.3 Å². The summed E-state index contributed by atoms with van der Waals surface area (Å²) in [5.41, 5.74) is -3.95. The van der Waals surface area contributed by atoms with E-state index in [2.05, 4.69) is 10.1 Å². The molecule has 2 aliphatic rings. The van der Waals surface area contributed by atoms with E-state index >= 15 is 0 Å². The summed E-state index contributed by atoms with van der Waals surface area (Å²) in [5, 5.41) is 2.51. The molecule has 1 fully saturated rings. The quantitative estimate of drug-likeness (QED) is 0.367. The number of nitrogens with zero attached hydrogens (tertiary/aromatic N) is 3. The van der Waals surface area contributed by atoms with Crippen LogP contribution in [0.5, 0.6) is 5.75 Å². The fraction of sp³-hybridized carbons (Fsp3) is 0.677. The molecule has 0 aromatic heterocycles. The van der Waals surface area contributed by atoms with Gasteiger partial charge < -0.3 is 34.2 Å². The van der Waals surface area contributed by atoms with E-state index in [4.69, 9.17) is 9.47 Å². The Morgan fingerprint density at radius 3 is 2.42 bits per heavy atom. The number of hydrogen-bond donors (Lipinski definition) is 1. The van der Waals surface area contributed by atoms with Gasteiger partial charge in [0, 0.05) is 32.2 Å². The fourth-order valence-electron chi connectivity index (χ4n) is 5.53. The van der Waals surface area contributed by atoms with Crippen LogP contribution in [0.25, 0.3) is 0 Å². The normalized spacial score (nSPS) is 20.4. The number of piperidine rings is 1. The second kappa shape index (κ2) is 13.7. The molecule has 1 aromatic carbocycles. The Morgan fingerprint density at radius 1 is 1.20 bits per heavy atom. The number of methoxy groups -OCH3 is 1. The number of anilines is 1. The van der Waals surface area contributed by atoms with E-state index in [-0.39, 0.29) is 43.9 Å². The van der Waals surface area contributed by atoms with Crippen molar-refractivity contribution in [2.45, 2.75) is 104 Å². The SMILES string of the molecule is CCC1(C)Oc2cc(C(F)(F)F)c(C(=O)N(C(C)C)[C@@H]3CCCN(C(=O)OC(C)(C)C)C3)cc2N(CCCNC(=O)OC)C1=O. The van der Waals surface area contributed by atoms with Gasteiger partial charge in [0.05, 0.1) is 30.0 Å². The van der Waals surface area contributed by atoms with Gasteiger partial charge >= 0.3 is 18.4 Å². The van der Waals surface area contributed by atoms with Crippen LogP contribution in [0.15, 0.2) is 12.1 Å². The Kier molecular flexibility index (Phi) is 10.9. The molecule has 14 heteroatoms. The van der Waals surface area contributed by atoms with Crippen molar-refractivity contribution in [2.75, 3.05) is 38.2 Å². The molecule has 0 bridgehead atoms. The van der Waals surface area contributed by atoms with Gasteiger partial charge in [-0.2, -0.15) is 13.2 Å². The van der Waals surface area contributed by atoms with E-state index in [1.165, 1.54) is 28.7 Å². The van der Waals surface area contributed by atoms with Gasteiger partial charge in [-0.25, -0.2) is 9.59 Å². The number of halogens is 3. The maximum absolute atomic E-state index is 14.6. The third-order valence-corrected chi connectivity index (χ3v) is 7.88. The molecule has 252 valence electrons. The number of carbonyl (C=O) groups is 4. The van der Waals surface area contributed by atoms with Gasteiger partial charge in [0.25, 0.3) is 11.8 Å². The van der Waals surface area contributed by atoms with Crippen LogP contribution in [0.1, 0.15) is 90.1 Å². The van der Waals surface area contributed by atoms with Crippen molar-refractivity contribution in [1.29, 1.82) is 0 Å². The van der Waals surface area contributed by atoms with Crippen LogP contribution in [-0.2, 0) is 20.4 Å². The Hall–Kier alpha value is -3.71. The molecule has 1 unspecified atom stereocenters. The molecule has 11 nitrogen and oxygen atoms in total. The first-order valence-electron chi connectivity index (χ1n) is 15.2. The van der Waals surface area contributed by atoms with Crippen molar-refractivity contribution in [1.82, 2.24) is 15.1 Å². The minimum absolute atomic E-state index is 0.0306. The average Bonchev–Trinajstić information content (AvgIpc) is 2.94. The van der Waals surface area contributed by atoms with E-state index in [0.717, 1.165) is 12.1 Å². The minimum atomic E-state index is -4.92. The Bertz CT molecular complexity index is 1280. The van der Waals surface area contributed by atoms with Gasteiger partial charge in [-0.3, -0.25) is 9.59 Å². The molecule has 1 N–H and O–H groups in total. The van der Waals surface area contributed by atoms with Crippen LogP contribution >= 0.6 is 0 Å². The largest absolute Gasteiger partial charge is 0.476 e. The summed E-state index contributed by atoms with van der Waals surface area (Å²) in [7, 11) is 1.21. The molecule has 2 heterocycles. The highest BCUT2D eigenvalue weighted by molar-refractivity contribution is 6.05. The van der Waals surface area contributed by atoms with E-state index in [1.54, 1.807) is 41.5 Å². The number of rotatable bonds is 8. The van der Waals surface area contributed by atoms with Crippen molar-refractivity contribution in [3.63, 3.8) is 0 Å². The van der Waals surface area contributed by atoms with Crippen molar-refractivity contribution in [3.8, 4) is 5.75 Å². The number of ether oxygens (including phenoxy) is 3. The predicted octanol–water partition coefficient (Wildman–Crippen LogP) is 5.60. The predicted molar refractivity (Wildman–Crippen MR) is 160 cm³/mol. The topological polar surface area (TPSA) is 118 Å². The summed E-state index contributed by atoms with van der Waals surface area (Å²) in [6.07, 6.45) is -4.69. The molecule has 2 aliphatic heterocycles. The first kappa shape index (κ1) is 35.8. The summed E-state index contributed by atoms with van der Waals surface area (Å²) in [5.74, 6) is -1.52.